The average molecular weight is 224 g/mol. The summed E-state index contributed by atoms with van der Waals surface area (Å²) in [5.41, 5.74) is 3.21. The molecule has 4 heteroatoms. The van der Waals surface area contributed by atoms with E-state index in [0.717, 1.165) is 22.2 Å². The predicted molar refractivity (Wildman–Crippen MR) is 65.6 cm³/mol. The Balaban J connectivity index is 2.24. The first-order chi connectivity index (χ1) is 8.28. The number of fused-ring (bicyclic) bond motifs is 1. The van der Waals surface area contributed by atoms with Gasteiger partial charge in [0.2, 0.25) is 0 Å². The van der Waals surface area contributed by atoms with Crippen molar-refractivity contribution in [1.82, 2.24) is 10.2 Å². The van der Waals surface area contributed by atoms with Crippen LogP contribution in [0, 0.1) is 18.3 Å². The van der Waals surface area contributed by atoms with Crippen LogP contribution < -0.4 is 5.32 Å². The monoisotopic (exact) mass is 224 g/mol. The third kappa shape index (κ3) is 1.80. The molecular formula is C13H12N4. The number of rotatable bonds is 2. The molecule has 1 aliphatic rings. The summed E-state index contributed by atoms with van der Waals surface area (Å²) in [5.74, 6) is 0. The van der Waals surface area contributed by atoms with E-state index < -0.39 is 0 Å². The summed E-state index contributed by atoms with van der Waals surface area (Å²) in [4.78, 5) is 0. The van der Waals surface area contributed by atoms with Crippen LogP contribution in [0.15, 0.2) is 18.2 Å². The number of benzene rings is 1. The van der Waals surface area contributed by atoms with E-state index in [4.69, 9.17) is 5.26 Å². The summed E-state index contributed by atoms with van der Waals surface area (Å²) in [5, 5.41) is 21.5. The summed E-state index contributed by atoms with van der Waals surface area (Å²) < 4.78 is 0. The van der Waals surface area contributed by atoms with Crippen LogP contribution in [0.1, 0.15) is 24.1 Å². The second kappa shape index (κ2) is 3.70. The zero-order valence-electron chi connectivity index (χ0n) is 9.57. The molecule has 1 aromatic carbocycles. The highest BCUT2D eigenvalue weighted by Crippen LogP contribution is 2.31. The average Bonchev–Trinajstić information content (AvgIpc) is 3.14. The third-order valence-corrected chi connectivity index (χ3v) is 2.95. The van der Waals surface area contributed by atoms with Crippen LogP contribution in [0.4, 0.5) is 5.69 Å². The quantitative estimate of drug-likeness (QED) is 0.850. The topological polar surface area (TPSA) is 61.6 Å². The van der Waals surface area contributed by atoms with Crippen molar-refractivity contribution in [2.24, 2.45) is 0 Å². The van der Waals surface area contributed by atoms with E-state index in [9.17, 15) is 0 Å². The number of aromatic nitrogens is 2. The molecule has 1 fully saturated rings. The van der Waals surface area contributed by atoms with Crippen LogP contribution in [0.3, 0.4) is 0 Å². The van der Waals surface area contributed by atoms with Gasteiger partial charge in [0.1, 0.15) is 6.07 Å². The van der Waals surface area contributed by atoms with Crippen molar-refractivity contribution in [2.45, 2.75) is 25.8 Å². The Labute approximate surface area is 99.3 Å². The lowest BCUT2D eigenvalue weighted by atomic mass is 10.1. The van der Waals surface area contributed by atoms with Gasteiger partial charge in [-0.2, -0.15) is 5.26 Å². The van der Waals surface area contributed by atoms with Crippen LogP contribution in [-0.2, 0) is 0 Å². The van der Waals surface area contributed by atoms with Crippen LogP contribution in [0.5, 0.6) is 0 Å². The van der Waals surface area contributed by atoms with E-state index in [-0.39, 0.29) is 0 Å². The van der Waals surface area contributed by atoms with Gasteiger partial charge in [-0.25, -0.2) is 0 Å². The number of nitrogens with one attached hydrogen (secondary N) is 1. The molecule has 0 bridgehead atoms. The summed E-state index contributed by atoms with van der Waals surface area (Å²) in [6.07, 6.45) is 2.33. The second-order valence-corrected chi connectivity index (χ2v) is 4.47. The van der Waals surface area contributed by atoms with Crippen molar-refractivity contribution < 1.29 is 0 Å². The normalized spacial score (nSPS) is 14.6. The minimum atomic E-state index is 0.384. The maximum Gasteiger partial charge on any atom is 0.186 e. The minimum Gasteiger partial charge on any atom is -0.379 e. The molecule has 0 aliphatic heterocycles. The Bertz CT molecular complexity index is 623. The van der Waals surface area contributed by atoms with E-state index in [0.29, 0.717) is 11.7 Å². The van der Waals surface area contributed by atoms with E-state index in [1.807, 2.05) is 19.1 Å². The zero-order valence-corrected chi connectivity index (χ0v) is 9.57. The number of nitriles is 1. The highest BCUT2D eigenvalue weighted by molar-refractivity contribution is 5.93. The zero-order chi connectivity index (χ0) is 11.8. The molecule has 1 aromatic heterocycles. The lowest BCUT2D eigenvalue weighted by Gasteiger charge is -2.09. The van der Waals surface area contributed by atoms with E-state index >= 15 is 0 Å². The van der Waals surface area contributed by atoms with Gasteiger partial charge < -0.3 is 5.32 Å². The molecule has 84 valence electrons. The fourth-order valence-electron chi connectivity index (χ4n) is 1.87. The standard InChI is InChI=1S/C13H12N4/c1-8-2-5-11-10(6-8)13(15-9-3-4-9)12(7-14)17-16-11/h2,5-6,9H,3-4H2,1H3,(H,15,16). The molecule has 0 unspecified atom stereocenters. The molecule has 1 aliphatic carbocycles. The fraction of sp³-hybridized carbons (Fsp3) is 0.308. The second-order valence-electron chi connectivity index (χ2n) is 4.47. The van der Waals surface area contributed by atoms with Crippen LogP contribution in [0.2, 0.25) is 0 Å². The van der Waals surface area contributed by atoms with E-state index in [1.165, 1.54) is 12.8 Å². The van der Waals surface area contributed by atoms with Gasteiger partial charge in [-0.15, -0.1) is 10.2 Å². The van der Waals surface area contributed by atoms with Gasteiger partial charge in [0.25, 0.3) is 0 Å². The van der Waals surface area contributed by atoms with Gasteiger partial charge in [-0.05, 0) is 31.9 Å². The minimum absolute atomic E-state index is 0.384. The first-order valence-corrected chi connectivity index (χ1v) is 5.71. The first kappa shape index (κ1) is 10.0. The van der Waals surface area contributed by atoms with E-state index in [2.05, 4.69) is 27.6 Å². The first-order valence-electron chi connectivity index (χ1n) is 5.71. The van der Waals surface area contributed by atoms with Crippen molar-refractivity contribution >= 4 is 16.6 Å². The molecule has 1 N–H and O–H groups in total. The van der Waals surface area contributed by atoms with Crippen molar-refractivity contribution in [2.75, 3.05) is 5.32 Å². The summed E-state index contributed by atoms with van der Waals surface area (Å²) in [7, 11) is 0. The largest absolute Gasteiger partial charge is 0.379 e. The number of hydrogen-bond acceptors (Lipinski definition) is 4. The van der Waals surface area contributed by atoms with Crippen LogP contribution >= 0.6 is 0 Å². The Kier molecular flexibility index (Phi) is 2.19. The van der Waals surface area contributed by atoms with E-state index in [1.54, 1.807) is 0 Å². The Morgan fingerprint density at radius 1 is 1.35 bits per heavy atom. The number of nitrogens with zero attached hydrogens (tertiary/aromatic N) is 3. The molecule has 0 spiro atoms. The smallest absolute Gasteiger partial charge is 0.186 e. The van der Waals surface area contributed by atoms with Gasteiger partial charge in [-0.1, -0.05) is 11.6 Å². The summed E-state index contributed by atoms with van der Waals surface area (Å²) in [6, 6.07) is 8.60. The molecule has 0 atom stereocenters. The number of hydrogen-bond donors (Lipinski definition) is 1. The number of aryl methyl sites for hydroxylation is 1. The lowest BCUT2D eigenvalue weighted by molar-refractivity contribution is 1.04. The van der Waals surface area contributed by atoms with Crippen molar-refractivity contribution in [3.63, 3.8) is 0 Å². The maximum absolute atomic E-state index is 9.09. The fourth-order valence-corrected chi connectivity index (χ4v) is 1.87. The van der Waals surface area contributed by atoms with Gasteiger partial charge in [0.05, 0.1) is 11.2 Å². The third-order valence-electron chi connectivity index (χ3n) is 2.95. The molecule has 0 saturated heterocycles. The van der Waals surface area contributed by atoms with Crippen molar-refractivity contribution in [3.8, 4) is 6.07 Å². The lowest BCUT2D eigenvalue weighted by Crippen LogP contribution is -2.06. The molecular weight excluding hydrogens is 212 g/mol. The van der Waals surface area contributed by atoms with Crippen LogP contribution in [0.25, 0.3) is 10.9 Å². The van der Waals surface area contributed by atoms with Gasteiger partial charge in [0, 0.05) is 11.4 Å². The summed E-state index contributed by atoms with van der Waals surface area (Å²) in [6.45, 7) is 2.03. The van der Waals surface area contributed by atoms with Gasteiger partial charge >= 0.3 is 0 Å². The highest BCUT2D eigenvalue weighted by atomic mass is 15.1. The molecule has 4 nitrogen and oxygen atoms in total. The van der Waals surface area contributed by atoms with Crippen molar-refractivity contribution in [1.29, 1.82) is 5.26 Å². The number of anilines is 1. The summed E-state index contributed by atoms with van der Waals surface area (Å²) >= 11 is 0. The Morgan fingerprint density at radius 3 is 2.88 bits per heavy atom. The van der Waals surface area contributed by atoms with Crippen LogP contribution in [-0.4, -0.2) is 16.2 Å². The van der Waals surface area contributed by atoms with Gasteiger partial charge in [0.15, 0.2) is 5.69 Å². The molecule has 3 rings (SSSR count). The van der Waals surface area contributed by atoms with Crippen molar-refractivity contribution in [3.05, 3.63) is 29.5 Å². The highest BCUT2D eigenvalue weighted by Gasteiger charge is 2.23. The SMILES string of the molecule is Cc1ccc2nnc(C#N)c(NC3CC3)c2c1. The predicted octanol–water partition coefficient (Wildman–Crippen LogP) is 2.38. The molecule has 0 radical (unpaired) electrons. The molecule has 0 amide bonds. The Morgan fingerprint density at radius 2 is 2.18 bits per heavy atom. The Hall–Kier alpha value is -2.15. The molecule has 1 saturated carbocycles. The molecule has 2 aromatic rings. The van der Waals surface area contributed by atoms with Gasteiger partial charge in [-0.3, -0.25) is 0 Å². The maximum atomic E-state index is 9.09. The molecule has 17 heavy (non-hydrogen) atoms. The molecule has 1 heterocycles.